The van der Waals surface area contributed by atoms with Crippen molar-refractivity contribution in [3.63, 3.8) is 0 Å². The molecule has 1 aromatic heterocycles. The van der Waals surface area contributed by atoms with Gasteiger partial charge in [-0.3, -0.25) is 0 Å². The number of rotatable bonds is 4. The molecule has 1 N–H and O–H groups in total. The lowest BCUT2D eigenvalue weighted by atomic mass is 10.1. The van der Waals surface area contributed by atoms with E-state index in [0.717, 1.165) is 15.3 Å². The first-order valence-electron chi connectivity index (χ1n) is 6.61. The highest BCUT2D eigenvalue weighted by molar-refractivity contribution is 7.22. The molecule has 0 aliphatic heterocycles. The van der Waals surface area contributed by atoms with Crippen LogP contribution in [0.25, 0.3) is 10.2 Å². The average molecular weight is 311 g/mol. The number of hydrazone groups is 1. The zero-order valence-electron chi connectivity index (χ0n) is 11.8. The van der Waals surface area contributed by atoms with Crippen LogP contribution in [0.3, 0.4) is 0 Å². The Bertz CT molecular complexity index is 824. The lowest BCUT2D eigenvalue weighted by Crippen LogP contribution is -2.09. The average Bonchev–Trinajstić information content (AvgIpc) is 2.97. The largest absolute Gasteiger partial charge is 0.478 e. The Morgan fingerprint density at radius 1 is 1.23 bits per heavy atom. The summed E-state index contributed by atoms with van der Waals surface area (Å²) in [5.41, 5.74) is 1.71. The molecule has 0 fully saturated rings. The molecule has 0 unspecified atom stereocenters. The molecule has 0 aliphatic carbocycles. The van der Waals surface area contributed by atoms with Crippen LogP contribution in [0.1, 0.15) is 15.9 Å². The monoisotopic (exact) mass is 311 g/mol. The SMILES string of the molecule is CN(N=Cc1ccccc1C(=O)O)c1nc2ccccc2s1. The zero-order valence-corrected chi connectivity index (χ0v) is 12.6. The number of hydrogen-bond donors (Lipinski definition) is 1. The minimum atomic E-state index is -0.968. The first kappa shape index (κ1) is 14.2. The maximum atomic E-state index is 11.2. The molecular formula is C16H13N3O2S. The van der Waals surface area contributed by atoms with E-state index in [1.54, 1.807) is 36.3 Å². The number of fused-ring (bicyclic) bond motifs is 1. The summed E-state index contributed by atoms with van der Waals surface area (Å²) in [5.74, 6) is -0.968. The predicted molar refractivity (Wildman–Crippen MR) is 89.0 cm³/mol. The van der Waals surface area contributed by atoms with Crippen LogP contribution in [0.15, 0.2) is 53.6 Å². The summed E-state index contributed by atoms with van der Waals surface area (Å²) in [4.78, 5) is 15.7. The number of nitrogens with zero attached hydrogens (tertiary/aromatic N) is 3. The lowest BCUT2D eigenvalue weighted by molar-refractivity contribution is 0.0697. The van der Waals surface area contributed by atoms with E-state index in [2.05, 4.69) is 10.1 Å². The van der Waals surface area contributed by atoms with Crippen LogP contribution in [0.4, 0.5) is 5.13 Å². The van der Waals surface area contributed by atoms with Crippen LogP contribution in [-0.2, 0) is 0 Å². The summed E-state index contributed by atoms with van der Waals surface area (Å²) in [6, 6.07) is 14.6. The van der Waals surface area contributed by atoms with Crippen molar-refractivity contribution in [2.75, 3.05) is 12.1 Å². The molecule has 6 heteroatoms. The van der Waals surface area contributed by atoms with E-state index in [9.17, 15) is 4.79 Å². The molecule has 3 rings (SSSR count). The third kappa shape index (κ3) is 2.82. The molecule has 0 bridgehead atoms. The Kier molecular flexibility index (Phi) is 3.84. The molecule has 110 valence electrons. The first-order valence-corrected chi connectivity index (χ1v) is 7.42. The molecule has 2 aromatic carbocycles. The van der Waals surface area contributed by atoms with Crippen LogP contribution < -0.4 is 5.01 Å². The Labute approximate surface area is 131 Å². The summed E-state index contributed by atoms with van der Waals surface area (Å²) in [6.07, 6.45) is 1.54. The highest BCUT2D eigenvalue weighted by Gasteiger charge is 2.09. The Morgan fingerprint density at radius 2 is 1.95 bits per heavy atom. The lowest BCUT2D eigenvalue weighted by Gasteiger charge is -2.08. The standard InChI is InChI=1S/C16H13N3O2S/c1-19(16-18-13-8-4-5-9-14(13)22-16)17-10-11-6-2-3-7-12(11)15(20)21/h2-10H,1H3,(H,20,21). The van der Waals surface area contributed by atoms with Gasteiger partial charge in [-0.15, -0.1) is 0 Å². The van der Waals surface area contributed by atoms with Crippen molar-refractivity contribution in [2.24, 2.45) is 5.10 Å². The summed E-state index contributed by atoms with van der Waals surface area (Å²) in [6.45, 7) is 0. The van der Waals surface area contributed by atoms with Gasteiger partial charge in [0.05, 0.1) is 22.0 Å². The van der Waals surface area contributed by atoms with Crippen LogP contribution >= 0.6 is 11.3 Å². The smallest absolute Gasteiger partial charge is 0.336 e. The van der Waals surface area contributed by atoms with E-state index in [1.807, 2.05) is 24.3 Å². The second kappa shape index (κ2) is 5.95. The van der Waals surface area contributed by atoms with E-state index in [1.165, 1.54) is 17.6 Å². The second-order valence-corrected chi connectivity index (χ2v) is 5.63. The molecule has 3 aromatic rings. The van der Waals surface area contributed by atoms with Gasteiger partial charge in [0, 0.05) is 12.6 Å². The molecule has 0 aliphatic rings. The minimum Gasteiger partial charge on any atom is -0.478 e. The molecule has 0 atom stereocenters. The van der Waals surface area contributed by atoms with Crippen LogP contribution in [0, 0.1) is 0 Å². The van der Waals surface area contributed by atoms with Gasteiger partial charge in [0.15, 0.2) is 0 Å². The van der Waals surface area contributed by atoms with E-state index in [4.69, 9.17) is 5.11 Å². The van der Waals surface area contributed by atoms with Crippen molar-refractivity contribution in [3.8, 4) is 0 Å². The van der Waals surface area contributed by atoms with Gasteiger partial charge in [0.2, 0.25) is 5.13 Å². The van der Waals surface area contributed by atoms with Gasteiger partial charge in [0.25, 0.3) is 0 Å². The fourth-order valence-corrected chi connectivity index (χ4v) is 2.89. The Balaban J connectivity index is 1.87. The van der Waals surface area contributed by atoms with Crippen molar-refractivity contribution in [1.29, 1.82) is 0 Å². The number of hydrogen-bond acceptors (Lipinski definition) is 5. The molecule has 22 heavy (non-hydrogen) atoms. The summed E-state index contributed by atoms with van der Waals surface area (Å²) in [7, 11) is 1.79. The maximum Gasteiger partial charge on any atom is 0.336 e. The number of carboxylic acid groups (broad SMARTS) is 1. The third-order valence-electron chi connectivity index (χ3n) is 3.12. The van der Waals surface area contributed by atoms with E-state index in [0.29, 0.717) is 5.56 Å². The van der Waals surface area contributed by atoms with Crippen LogP contribution in [-0.4, -0.2) is 29.3 Å². The van der Waals surface area contributed by atoms with Crippen molar-refractivity contribution in [1.82, 2.24) is 4.98 Å². The Hall–Kier alpha value is -2.73. The number of aromatic carboxylic acids is 1. The third-order valence-corrected chi connectivity index (χ3v) is 4.22. The number of aromatic nitrogens is 1. The molecule has 0 radical (unpaired) electrons. The van der Waals surface area contributed by atoms with Crippen molar-refractivity contribution in [2.45, 2.75) is 0 Å². The molecule has 0 saturated carbocycles. The number of carbonyl (C=O) groups is 1. The zero-order chi connectivity index (χ0) is 15.5. The molecule has 0 amide bonds. The van der Waals surface area contributed by atoms with Gasteiger partial charge < -0.3 is 5.11 Å². The van der Waals surface area contributed by atoms with Gasteiger partial charge in [-0.05, 0) is 18.2 Å². The van der Waals surface area contributed by atoms with E-state index in [-0.39, 0.29) is 5.56 Å². The first-order chi connectivity index (χ1) is 10.6. The van der Waals surface area contributed by atoms with Crippen molar-refractivity contribution < 1.29 is 9.90 Å². The maximum absolute atomic E-state index is 11.2. The van der Waals surface area contributed by atoms with Gasteiger partial charge >= 0.3 is 5.97 Å². The number of thiazole rings is 1. The number of para-hydroxylation sites is 1. The molecule has 0 spiro atoms. The van der Waals surface area contributed by atoms with Crippen molar-refractivity contribution in [3.05, 3.63) is 59.7 Å². The number of anilines is 1. The van der Waals surface area contributed by atoms with Gasteiger partial charge in [-0.25, -0.2) is 14.8 Å². The summed E-state index contributed by atoms with van der Waals surface area (Å²) >= 11 is 1.54. The summed E-state index contributed by atoms with van der Waals surface area (Å²) < 4.78 is 1.09. The molecule has 0 saturated heterocycles. The molecule has 1 heterocycles. The molecule has 5 nitrogen and oxygen atoms in total. The highest BCUT2D eigenvalue weighted by atomic mass is 32.1. The van der Waals surface area contributed by atoms with Crippen LogP contribution in [0.5, 0.6) is 0 Å². The topological polar surface area (TPSA) is 65.8 Å². The Morgan fingerprint density at radius 3 is 2.73 bits per heavy atom. The number of carboxylic acids is 1. The normalized spacial score (nSPS) is 11.1. The summed E-state index contributed by atoms with van der Waals surface area (Å²) in [5, 5.41) is 15.9. The quantitative estimate of drug-likeness (QED) is 0.592. The number of benzene rings is 2. The van der Waals surface area contributed by atoms with Gasteiger partial charge in [-0.2, -0.15) is 5.10 Å². The predicted octanol–water partition coefficient (Wildman–Crippen LogP) is 3.46. The molecular weight excluding hydrogens is 298 g/mol. The van der Waals surface area contributed by atoms with Crippen LogP contribution in [0.2, 0.25) is 0 Å². The highest BCUT2D eigenvalue weighted by Crippen LogP contribution is 2.27. The van der Waals surface area contributed by atoms with E-state index < -0.39 is 5.97 Å². The van der Waals surface area contributed by atoms with E-state index >= 15 is 0 Å². The fourth-order valence-electron chi connectivity index (χ4n) is 2.00. The second-order valence-electron chi connectivity index (χ2n) is 4.62. The van der Waals surface area contributed by atoms with Gasteiger partial charge in [0.1, 0.15) is 0 Å². The minimum absolute atomic E-state index is 0.226. The van der Waals surface area contributed by atoms with Gasteiger partial charge in [-0.1, -0.05) is 41.7 Å². The van der Waals surface area contributed by atoms with Crippen molar-refractivity contribution >= 4 is 38.9 Å². The fraction of sp³-hybridized carbons (Fsp3) is 0.0625.